The van der Waals surface area contributed by atoms with Crippen LogP contribution in [0.4, 0.5) is 4.79 Å². The molecule has 5 nitrogen and oxygen atoms in total. The summed E-state index contributed by atoms with van der Waals surface area (Å²) in [6.07, 6.45) is 1.10. The number of piperazine rings is 1. The van der Waals surface area contributed by atoms with E-state index in [1.165, 1.54) is 0 Å². The van der Waals surface area contributed by atoms with Crippen LogP contribution in [-0.2, 0) is 0 Å². The van der Waals surface area contributed by atoms with Crippen molar-refractivity contribution in [3.63, 3.8) is 0 Å². The van der Waals surface area contributed by atoms with Crippen LogP contribution in [0.1, 0.15) is 6.42 Å². The second-order valence-electron chi connectivity index (χ2n) is 4.49. The Labute approximate surface area is 90.6 Å². The average molecular weight is 212 g/mol. The van der Waals surface area contributed by atoms with E-state index < -0.39 is 0 Å². The van der Waals surface area contributed by atoms with Gasteiger partial charge in [0, 0.05) is 45.8 Å². The summed E-state index contributed by atoms with van der Waals surface area (Å²) in [5, 5.41) is 3.34. The Morgan fingerprint density at radius 2 is 2.07 bits per heavy atom. The van der Waals surface area contributed by atoms with E-state index in [1.807, 2.05) is 0 Å². The highest BCUT2D eigenvalue weighted by atomic mass is 16.2. The lowest BCUT2D eigenvalue weighted by molar-refractivity contribution is 0.198. The van der Waals surface area contributed by atoms with Gasteiger partial charge in [0.05, 0.1) is 0 Å². The lowest BCUT2D eigenvalue weighted by Crippen LogP contribution is -2.45. The lowest BCUT2D eigenvalue weighted by atomic mass is 10.1. The minimum Gasteiger partial charge on any atom is -0.351 e. The van der Waals surface area contributed by atoms with Crippen LogP contribution in [-0.4, -0.2) is 61.6 Å². The summed E-state index contributed by atoms with van der Waals surface area (Å²) in [5.74, 6) is 0.621. The Bertz CT molecular complexity index is 227. The molecule has 0 bridgehead atoms. The van der Waals surface area contributed by atoms with Crippen LogP contribution in [0.25, 0.3) is 0 Å². The molecular formula is C10H20N4O. The molecule has 0 aliphatic carbocycles. The molecule has 0 aromatic heterocycles. The molecule has 0 spiro atoms. The van der Waals surface area contributed by atoms with Crippen LogP contribution in [0.15, 0.2) is 0 Å². The van der Waals surface area contributed by atoms with Gasteiger partial charge in [-0.1, -0.05) is 0 Å². The Balaban J connectivity index is 1.74. The summed E-state index contributed by atoms with van der Waals surface area (Å²) in [6, 6.07) is -0.266. The summed E-state index contributed by atoms with van der Waals surface area (Å²) in [6.45, 7) is 7.25. The van der Waals surface area contributed by atoms with Crippen molar-refractivity contribution in [2.75, 3.05) is 45.8 Å². The van der Waals surface area contributed by atoms with Crippen molar-refractivity contribution in [3.8, 4) is 0 Å². The SMILES string of the molecule is NC(=O)N1CCC(CN2CCNCC2)C1. The topological polar surface area (TPSA) is 61.6 Å². The number of rotatable bonds is 2. The van der Waals surface area contributed by atoms with Crippen molar-refractivity contribution in [2.45, 2.75) is 6.42 Å². The Kier molecular flexibility index (Phi) is 3.43. The maximum atomic E-state index is 11.0. The lowest BCUT2D eigenvalue weighted by Gasteiger charge is -2.29. The number of nitrogens with zero attached hydrogens (tertiary/aromatic N) is 2. The van der Waals surface area contributed by atoms with Gasteiger partial charge in [-0.05, 0) is 12.3 Å². The minimum absolute atomic E-state index is 0.266. The third-order valence-electron chi connectivity index (χ3n) is 3.32. The van der Waals surface area contributed by atoms with Crippen LogP contribution < -0.4 is 11.1 Å². The van der Waals surface area contributed by atoms with Crippen molar-refractivity contribution in [3.05, 3.63) is 0 Å². The van der Waals surface area contributed by atoms with Crippen molar-refractivity contribution in [1.82, 2.24) is 15.1 Å². The fourth-order valence-electron chi connectivity index (χ4n) is 2.44. The van der Waals surface area contributed by atoms with Crippen molar-refractivity contribution in [2.24, 2.45) is 11.7 Å². The van der Waals surface area contributed by atoms with Gasteiger partial charge in [-0.2, -0.15) is 0 Å². The quantitative estimate of drug-likeness (QED) is 0.636. The van der Waals surface area contributed by atoms with Gasteiger partial charge >= 0.3 is 6.03 Å². The molecule has 2 aliphatic heterocycles. The fourth-order valence-corrected chi connectivity index (χ4v) is 2.44. The zero-order valence-corrected chi connectivity index (χ0v) is 9.11. The van der Waals surface area contributed by atoms with Crippen LogP contribution in [0.3, 0.4) is 0 Å². The maximum Gasteiger partial charge on any atom is 0.314 e. The Morgan fingerprint density at radius 3 is 2.67 bits per heavy atom. The van der Waals surface area contributed by atoms with Crippen LogP contribution >= 0.6 is 0 Å². The fraction of sp³-hybridized carbons (Fsp3) is 0.900. The predicted octanol–water partition coefficient (Wildman–Crippen LogP) is -0.708. The number of likely N-dealkylation sites (tertiary alicyclic amines) is 1. The molecule has 5 heteroatoms. The van der Waals surface area contributed by atoms with E-state index in [4.69, 9.17) is 5.73 Å². The van der Waals surface area contributed by atoms with Crippen molar-refractivity contribution in [1.29, 1.82) is 0 Å². The molecule has 0 radical (unpaired) electrons. The molecular weight excluding hydrogens is 192 g/mol. The smallest absolute Gasteiger partial charge is 0.314 e. The van der Waals surface area contributed by atoms with E-state index >= 15 is 0 Å². The molecule has 0 saturated carbocycles. The number of nitrogens with two attached hydrogens (primary N) is 1. The number of carbonyl (C=O) groups excluding carboxylic acids is 1. The molecule has 15 heavy (non-hydrogen) atoms. The molecule has 2 saturated heterocycles. The monoisotopic (exact) mass is 212 g/mol. The van der Waals surface area contributed by atoms with Gasteiger partial charge in [0.1, 0.15) is 0 Å². The number of hydrogen-bond acceptors (Lipinski definition) is 3. The summed E-state index contributed by atoms with van der Waals surface area (Å²) >= 11 is 0. The standard InChI is InChI=1S/C10H20N4O/c11-10(15)14-4-1-9(8-14)7-13-5-2-12-3-6-13/h9,12H,1-8H2,(H2,11,15). The number of primary amides is 1. The van der Waals surface area contributed by atoms with Gasteiger partial charge in [0.15, 0.2) is 0 Å². The number of nitrogens with one attached hydrogen (secondary N) is 1. The molecule has 86 valence electrons. The average Bonchev–Trinajstić information content (AvgIpc) is 2.68. The summed E-state index contributed by atoms with van der Waals surface area (Å²) < 4.78 is 0. The first-order valence-electron chi connectivity index (χ1n) is 5.73. The van der Waals surface area contributed by atoms with Crippen LogP contribution in [0.2, 0.25) is 0 Å². The minimum atomic E-state index is -0.266. The second kappa shape index (κ2) is 4.81. The van der Waals surface area contributed by atoms with E-state index in [-0.39, 0.29) is 6.03 Å². The number of amides is 2. The van der Waals surface area contributed by atoms with E-state index in [0.29, 0.717) is 5.92 Å². The third kappa shape index (κ3) is 2.82. The van der Waals surface area contributed by atoms with E-state index in [9.17, 15) is 4.79 Å². The highest BCUT2D eigenvalue weighted by Gasteiger charge is 2.26. The molecule has 0 aromatic carbocycles. The molecule has 2 rings (SSSR count). The number of urea groups is 1. The first kappa shape index (κ1) is 10.7. The molecule has 1 unspecified atom stereocenters. The van der Waals surface area contributed by atoms with Gasteiger partial charge in [0.2, 0.25) is 0 Å². The van der Waals surface area contributed by atoms with Crippen LogP contribution in [0.5, 0.6) is 0 Å². The number of hydrogen-bond donors (Lipinski definition) is 2. The van der Waals surface area contributed by atoms with Gasteiger partial charge in [-0.15, -0.1) is 0 Å². The van der Waals surface area contributed by atoms with Gasteiger partial charge in [0.25, 0.3) is 0 Å². The van der Waals surface area contributed by atoms with Gasteiger partial charge < -0.3 is 20.9 Å². The summed E-state index contributed by atoms with van der Waals surface area (Å²) in [4.78, 5) is 15.2. The van der Waals surface area contributed by atoms with Gasteiger partial charge in [-0.3, -0.25) is 0 Å². The molecule has 2 amide bonds. The van der Waals surface area contributed by atoms with Crippen LogP contribution in [0, 0.1) is 5.92 Å². The Hall–Kier alpha value is -0.810. The van der Waals surface area contributed by atoms with E-state index in [1.54, 1.807) is 4.90 Å². The first-order valence-corrected chi connectivity index (χ1v) is 5.73. The van der Waals surface area contributed by atoms with Crippen molar-refractivity contribution < 1.29 is 4.79 Å². The third-order valence-corrected chi connectivity index (χ3v) is 3.32. The summed E-state index contributed by atoms with van der Waals surface area (Å²) in [5.41, 5.74) is 5.26. The number of carbonyl (C=O) groups is 1. The van der Waals surface area contributed by atoms with E-state index in [0.717, 1.165) is 52.2 Å². The normalized spacial score (nSPS) is 28.3. The molecule has 0 aromatic rings. The maximum absolute atomic E-state index is 11.0. The predicted molar refractivity (Wildman–Crippen MR) is 58.6 cm³/mol. The highest BCUT2D eigenvalue weighted by molar-refractivity contribution is 5.72. The molecule has 2 fully saturated rings. The first-order chi connectivity index (χ1) is 7.25. The zero-order valence-electron chi connectivity index (χ0n) is 9.11. The molecule has 3 N–H and O–H groups in total. The summed E-state index contributed by atoms with van der Waals surface area (Å²) in [7, 11) is 0. The largest absolute Gasteiger partial charge is 0.351 e. The van der Waals surface area contributed by atoms with Crippen molar-refractivity contribution >= 4 is 6.03 Å². The Morgan fingerprint density at radius 1 is 1.33 bits per heavy atom. The highest BCUT2D eigenvalue weighted by Crippen LogP contribution is 2.17. The molecule has 2 aliphatic rings. The molecule has 2 heterocycles. The zero-order chi connectivity index (χ0) is 10.7. The molecule has 1 atom stereocenters. The van der Waals surface area contributed by atoms with E-state index in [2.05, 4.69) is 10.2 Å². The van der Waals surface area contributed by atoms with Gasteiger partial charge in [-0.25, -0.2) is 4.79 Å². The second-order valence-corrected chi connectivity index (χ2v) is 4.49.